The minimum Gasteiger partial charge on any atom is -0.477 e. The first kappa shape index (κ1) is 16.3. The molecule has 0 bridgehead atoms. The highest BCUT2D eigenvalue weighted by Crippen LogP contribution is 2.26. The van der Waals surface area contributed by atoms with Gasteiger partial charge in [-0.25, -0.2) is 4.79 Å². The van der Waals surface area contributed by atoms with Crippen molar-refractivity contribution in [3.63, 3.8) is 0 Å². The fourth-order valence-electron chi connectivity index (χ4n) is 1.98. The Morgan fingerprint density at radius 3 is 2.83 bits per heavy atom. The van der Waals surface area contributed by atoms with E-state index >= 15 is 0 Å². The Kier molecular flexibility index (Phi) is 5.14. The minimum atomic E-state index is -1.31. The highest BCUT2D eigenvalue weighted by molar-refractivity contribution is 6.30. The van der Waals surface area contributed by atoms with Gasteiger partial charge in [-0.05, 0) is 18.2 Å². The van der Waals surface area contributed by atoms with Gasteiger partial charge in [-0.2, -0.15) is 15.6 Å². The van der Waals surface area contributed by atoms with Gasteiger partial charge in [0.2, 0.25) is 0 Å². The van der Waals surface area contributed by atoms with Crippen LogP contribution in [0.3, 0.4) is 0 Å². The lowest BCUT2D eigenvalue weighted by Crippen LogP contribution is -1.97. The third-order valence-corrected chi connectivity index (χ3v) is 3.23. The fraction of sp³-hybridized carbons (Fsp3) is 0.125. The molecule has 2 rings (SSSR count). The summed E-state index contributed by atoms with van der Waals surface area (Å²) in [5, 5.41) is 31.5. The molecule has 0 fully saturated rings. The van der Waals surface area contributed by atoms with Crippen molar-refractivity contribution in [2.24, 2.45) is 0 Å². The Bertz CT molecular complexity index is 856. The molecule has 0 aliphatic carbocycles. The molecule has 0 radical (unpaired) electrons. The number of hydrogen-bond acceptors (Lipinski definition) is 4. The molecule has 1 aromatic carbocycles. The van der Waals surface area contributed by atoms with Crippen molar-refractivity contribution >= 4 is 23.6 Å². The molecule has 0 aliphatic rings. The SMILES string of the molecule is N#CCCn1cc(/C=C(/C#N)C(=O)O)c(-c2cccc(Cl)c2)n1. The lowest BCUT2D eigenvalue weighted by atomic mass is 10.1. The maximum absolute atomic E-state index is 11.0. The summed E-state index contributed by atoms with van der Waals surface area (Å²) >= 11 is 5.98. The van der Waals surface area contributed by atoms with Crippen LogP contribution in [0.1, 0.15) is 12.0 Å². The van der Waals surface area contributed by atoms with Gasteiger partial charge in [0.1, 0.15) is 11.6 Å². The van der Waals surface area contributed by atoms with Gasteiger partial charge < -0.3 is 5.11 Å². The van der Waals surface area contributed by atoms with Crippen molar-refractivity contribution in [1.29, 1.82) is 10.5 Å². The maximum atomic E-state index is 11.0. The molecule has 6 nitrogen and oxygen atoms in total. The number of carbonyl (C=O) groups is 1. The number of aromatic nitrogens is 2. The van der Waals surface area contributed by atoms with Gasteiger partial charge in [0, 0.05) is 22.3 Å². The molecule has 0 saturated heterocycles. The van der Waals surface area contributed by atoms with E-state index in [4.69, 9.17) is 27.2 Å². The molecule has 0 spiro atoms. The molecule has 0 atom stereocenters. The van der Waals surface area contributed by atoms with Crippen molar-refractivity contribution in [2.45, 2.75) is 13.0 Å². The molecule has 1 aromatic heterocycles. The molecule has 114 valence electrons. The van der Waals surface area contributed by atoms with Gasteiger partial charge in [-0.3, -0.25) is 4.68 Å². The van der Waals surface area contributed by atoms with Gasteiger partial charge in [0.15, 0.2) is 0 Å². The van der Waals surface area contributed by atoms with Gasteiger partial charge in [0.05, 0.1) is 24.7 Å². The minimum absolute atomic E-state index is 0.268. The first-order chi connectivity index (χ1) is 11.0. The number of aliphatic carboxylic acids is 1. The zero-order valence-corrected chi connectivity index (χ0v) is 12.7. The second-order valence-electron chi connectivity index (χ2n) is 4.59. The Morgan fingerprint density at radius 2 is 2.22 bits per heavy atom. The smallest absolute Gasteiger partial charge is 0.346 e. The third kappa shape index (κ3) is 3.97. The molecule has 7 heteroatoms. The predicted octanol–water partition coefficient (Wildman–Crippen LogP) is 3.11. The molecule has 0 amide bonds. The lowest BCUT2D eigenvalue weighted by Gasteiger charge is -2.00. The normalized spacial score (nSPS) is 10.8. The number of hydrogen-bond donors (Lipinski definition) is 1. The lowest BCUT2D eigenvalue weighted by molar-refractivity contribution is -0.132. The quantitative estimate of drug-likeness (QED) is 0.671. The van der Waals surface area contributed by atoms with E-state index < -0.39 is 11.5 Å². The number of aryl methyl sites for hydroxylation is 1. The third-order valence-electron chi connectivity index (χ3n) is 2.99. The van der Waals surface area contributed by atoms with Crippen molar-refractivity contribution < 1.29 is 9.90 Å². The molecule has 0 unspecified atom stereocenters. The Morgan fingerprint density at radius 1 is 1.43 bits per heavy atom. The van der Waals surface area contributed by atoms with Crippen LogP contribution in [0.25, 0.3) is 17.3 Å². The average Bonchev–Trinajstić information content (AvgIpc) is 2.93. The average molecular weight is 327 g/mol. The van der Waals surface area contributed by atoms with E-state index in [0.29, 0.717) is 28.4 Å². The van der Waals surface area contributed by atoms with E-state index in [2.05, 4.69) is 5.10 Å². The molecule has 0 aliphatic heterocycles. The number of carboxylic acid groups (broad SMARTS) is 1. The maximum Gasteiger partial charge on any atom is 0.346 e. The fourth-order valence-corrected chi connectivity index (χ4v) is 2.17. The summed E-state index contributed by atoms with van der Waals surface area (Å²) in [4.78, 5) is 11.0. The summed E-state index contributed by atoms with van der Waals surface area (Å²) in [6, 6.07) is 10.6. The predicted molar refractivity (Wildman–Crippen MR) is 84.1 cm³/mol. The van der Waals surface area contributed by atoms with Crippen molar-refractivity contribution in [1.82, 2.24) is 9.78 Å². The van der Waals surface area contributed by atoms with E-state index in [-0.39, 0.29) is 6.42 Å². The van der Waals surface area contributed by atoms with Gasteiger partial charge in [-0.1, -0.05) is 23.7 Å². The summed E-state index contributed by atoms with van der Waals surface area (Å²) in [6.45, 7) is 0.368. The van der Waals surface area contributed by atoms with E-state index in [1.165, 1.54) is 6.08 Å². The molecular formula is C16H11ClN4O2. The first-order valence-electron chi connectivity index (χ1n) is 6.60. The molecule has 1 heterocycles. The van der Waals surface area contributed by atoms with Crippen molar-refractivity contribution in [2.75, 3.05) is 0 Å². The van der Waals surface area contributed by atoms with E-state index in [1.54, 1.807) is 41.2 Å². The van der Waals surface area contributed by atoms with Crippen molar-refractivity contribution in [3.8, 4) is 23.4 Å². The monoisotopic (exact) mass is 326 g/mol. The van der Waals surface area contributed by atoms with Crippen LogP contribution < -0.4 is 0 Å². The zero-order valence-electron chi connectivity index (χ0n) is 11.9. The van der Waals surface area contributed by atoms with Crippen LogP contribution in [0, 0.1) is 22.7 Å². The van der Waals surface area contributed by atoms with Gasteiger partial charge in [0.25, 0.3) is 0 Å². The van der Waals surface area contributed by atoms with Crippen LogP contribution in [-0.2, 0) is 11.3 Å². The Labute approximate surface area is 137 Å². The summed E-state index contributed by atoms with van der Waals surface area (Å²) < 4.78 is 1.54. The number of nitriles is 2. The molecule has 1 N–H and O–H groups in total. The molecule has 0 saturated carbocycles. The Balaban J connectivity index is 2.56. The largest absolute Gasteiger partial charge is 0.477 e. The van der Waals surface area contributed by atoms with Gasteiger partial charge >= 0.3 is 5.97 Å². The van der Waals surface area contributed by atoms with Crippen LogP contribution in [0.5, 0.6) is 0 Å². The zero-order chi connectivity index (χ0) is 16.8. The highest BCUT2D eigenvalue weighted by atomic mass is 35.5. The second-order valence-corrected chi connectivity index (χ2v) is 5.03. The standard InChI is InChI=1S/C16H11ClN4O2/c17-14-4-1-3-11(8-14)15-13(7-12(9-19)16(22)23)10-21(20-15)6-2-5-18/h1,3-4,7-8,10H,2,6H2,(H,22,23)/b12-7-. The number of benzene rings is 1. The van der Waals surface area contributed by atoms with Crippen LogP contribution >= 0.6 is 11.6 Å². The van der Waals surface area contributed by atoms with Gasteiger partial charge in [-0.15, -0.1) is 0 Å². The van der Waals surface area contributed by atoms with E-state index in [0.717, 1.165) is 0 Å². The summed E-state index contributed by atoms with van der Waals surface area (Å²) in [7, 11) is 0. The molecular weight excluding hydrogens is 316 g/mol. The van der Waals surface area contributed by atoms with Crippen molar-refractivity contribution in [3.05, 3.63) is 46.6 Å². The summed E-state index contributed by atoms with van der Waals surface area (Å²) in [5.41, 5.74) is 1.28. The van der Waals surface area contributed by atoms with Crippen LogP contribution in [0.15, 0.2) is 36.0 Å². The highest BCUT2D eigenvalue weighted by Gasteiger charge is 2.13. The van der Waals surface area contributed by atoms with Crippen LogP contribution in [0.4, 0.5) is 0 Å². The number of nitrogens with zero attached hydrogens (tertiary/aromatic N) is 4. The number of rotatable bonds is 5. The molecule has 23 heavy (non-hydrogen) atoms. The number of halogens is 1. The number of carboxylic acids is 1. The van der Waals surface area contributed by atoms with Crippen LogP contribution in [-0.4, -0.2) is 20.9 Å². The Hall–Kier alpha value is -3.09. The first-order valence-corrected chi connectivity index (χ1v) is 6.98. The summed E-state index contributed by atoms with van der Waals surface area (Å²) in [5.74, 6) is -1.31. The van der Waals surface area contributed by atoms with Crippen LogP contribution in [0.2, 0.25) is 5.02 Å². The molecule has 2 aromatic rings. The van der Waals surface area contributed by atoms with E-state index in [1.807, 2.05) is 6.07 Å². The second kappa shape index (κ2) is 7.26. The van der Waals surface area contributed by atoms with E-state index in [9.17, 15) is 4.79 Å². The summed E-state index contributed by atoms with van der Waals surface area (Å²) in [6.07, 6.45) is 3.13. The topological polar surface area (TPSA) is 103 Å².